The van der Waals surface area contributed by atoms with Gasteiger partial charge in [-0.3, -0.25) is 14.4 Å². The van der Waals surface area contributed by atoms with Crippen LogP contribution in [0.1, 0.15) is 32.3 Å². The molecule has 3 amide bonds. The van der Waals surface area contributed by atoms with Crippen LogP contribution < -0.4 is 16.0 Å². The Hall–Kier alpha value is -4.74. The van der Waals surface area contributed by atoms with Crippen molar-refractivity contribution < 1.29 is 27.6 Å². The molecule has 1 atom stereocenters. The maximum Gasteiger partial charge on any atom is 0.416 e. The first-order chi connectivity index (χ1) is 23.9. The molecular weight excluding hydrogens is 730 g/mol. The summed E-state index contributed by atoms with van der Waals surface area (Å²) >= 11 is 20.0. The first-order valence-corrected chi connectivity index (χ1v) is 16.7. The second kappa shape index (κ2) is 16.3. The van der Waals surface area contributed by atoms with E-state index < -0.39 is 34.7 Å². The van der Waals surface area contributed by atoms with Gasteiger partial charge >= 0.3 is 6.18 Å². The molecule has 0 fully saturated rings. The van der Waals surface area contributed by atoms with Crippen LogP contribution in [0.15, 0.2) is 132 Å². The molecule has 0 saturated heterocycles. The van der Waals surface area contributed by atoms with Gasteiger partial charge in [-0.05, 0) is 78.4 Å². The highest BCUT2D eigenvalue weighted by atomic mass is 35.5. The molecule has 1 unspecified atom stereocenters. The minimum Gasteiger partial charge on any atom is -0.323 e. The van der Waals surface area contributed by atoms with Crippen LogP contribution in [0.2, 0.25) is 15.1 Å². The molecule has 0 aromatic heterocycles. The summed E-state index contributed by atoms with van der Waals surface area (Å²) in [7, 11) is 0. The van der Waals surface area contributed by atoms with Gasteiger partial charge in [0.05, 0.1) is 16.3 Å². The van der Waals surface area contributed by atoms with Gasteiger partial charge in [0.1, 0.15) is 10.9 Å². The topological polar surface area (TPSA) is 87.3 Å². The molecule has 0 saturated carbocycles. The van der Waals surface area contributed by atoms with E-state index in [1.807, 2.05) is 0 Å². The van der Waals surface area contributed by atoms with E-state index in [1.165, 1.54) is 6.08 Å². The van der Waals surface area contributed by atoms with Crippen LogP contribution in [0.3, 0.4) is 0 Å². The first-order valence-electron chi connectivity index (χ1n) is 14.7. The lowest BCUT2D eigenvalue weighted by molar-refractivity contribution is -0.137. The highest BCUT2D eigenvalue weighted by Crippen LogP contribution is 2.39. The summed E-state index contributed by atoms with van der Waals surface area (Å²) in [5, 5.41) is 7.52. The Balaban J connectivity index is 1.36. The van der Waals surface area contributed by atoms with E-state index in [2.05, 4.69) is 16.0 Å². The highest BCUT2D eigenvalue weighted by molar-refractivity contribution is 8.00. The fourth-order valence-corrected chi connectivity index (χ4v) is 6.28. The van der Waals surface area contributed by atoms with Crippen molar-refractivity contribution in [2.24, 2.45) is 0 Å². The number of benzene rings is 5. The zero-order chi connectivity index (χ0) is 35.8. The fourth-order valence-electron chi connectivity index (χ4n) is 4.58. The molecule has 6 nitrogen and oxygen atoms in total. The molecule has 0 heterocycles. The van der Waals surface area contributed by atoms with Gasteiger partial charge in [-0.25, -0.2) is 0 Å². The number of nitrogens with one attached hydrogen (secondary N) is 3. The number of alkyl halides is 3. The Bertz CT molecular complexity index is 2030. The molecule has 254 valence electrons. The van der Waals surface area contributed by atoms with E-state index in [9.17, 15) is 27.6 Å². The summed E-state index contributed by atoms with van der Waals surface area (Å²) < 4.78 is 40.0. The summed E-state index contributed by atoms with van der Waals surface area (Å²) in [5.74, 6) is -1.79. The fraction of sp³-hybridized carbons (Fsp3) is 0.0541. The standard InChI is InChI=1S/C37H25Cl3F3N3O3S/c38-28-12-7-13-29(39)27(28)21-32(46-34(47)23-10-5-2-6-11-23)35(48)44-25-15-17-26(18-16-25)50-33(22-8-3-1-4-9-22)36(49)45-31-20-24(37(41,42)43)14-19-30(31)40/h1-21,33H,(H,44,48)(H,45,49)(H,46,47)/b32-21-. The lowest BCUT2D eigenvalue weighted by Crippen LogP contribution is -2.30. The van der Waals surface area contributed by atoms with Gasteiger partial charge in [-0.15, -0.1) is 11.8 Å². The van der Waals surface area contributed by atoms with Crippen LogP contribution in [0.4, 0.5) is 24.5 Å². The highest BCUT2D eigenvalue weighted by Gasteiger charge is 2.32. The number of anilines is 2. The number of thioether (sulfide) groups is 1. The number of carbonyl (C=O) groups is 3. The number of halogens is 6. The number of carbonyl (C=O) groups excluding carboxylic acids is 3. The average molecular weight is 755 g/mol. The Labute approximate surface area is 304 Å². The van der Waals surface area contributed by atoms with Crippen LogP contribution >= 0.6 is 46.6 Å². The zero-order valence-electron chi connectivity index (χ0n) is 25.6. The Morgan fingerprint density at radius 1 is 0.700 bits per heavy atom. The van der Waals surface area contributed by atoms with Crippen LogP contribution in [0, 0.1) is 0 Å². The van der Waals surface area contributed by atoms with Gasteiger partial charge in [0, 0.05) is 31.8 Å². The second-order valence-electron chi connectivity index (χ2n) is 10.6. The predicted molar refractivity (Wildman–Crippen MR) is 194 cm³/mol. The van der Waals surface area contributed by atoms with Gasteiger partial charge in [0.25, 0.3) is 11.8 Å². The van der Waals surface area contributed by atoms with Crippen molar-refractivity contribution >= 4 is 81.7 Å². The smallest absolute Gasteiger partial charge is 0.323 e. The maximum absolute atomic E-state index is 13.5. The monoisotopic (exact) mass is 753 g/mol. The van der Waals surface area contributed by atoms with E-state index in [0.717, 1.165) is 30.0 Å². The van der Waals surface area contributed by atoms with E-state index in [4.69, 9.17) is 34.8 Å². The van der Waals surface area contributed by atoms with E-state index in [1.54, 1.807) is 103 Å². The lowest BCUT2D eigenvalue weighted by atomic mass is 10.1. The molecule has 0 bridgehead atoms. The second-order valence-corrected chi connectivity index (χ2v) is 13.0. The van der Waals surface area contributed by atoms with E-state index in [-0.39, 0.29) is 26.5 Å². The van der Waals surface area contributed by atoms with Gasteiger partial charge in [-0.1, -0.05) is 89.4 Å². The molecule has 5 rings (SSSR count). The van der Waals surface area contributed by atoms with Gasteiger partial charge in [0.15, 0.2) is 0 Å². The molecule has 0 radical (unpaired) electrons. The molecule has 0 aliphatic heterocycles. The predicted octanol–water partition coefficient (Wildman–Crippen LogP) is 10.5. The molecular formula is C37H25Cl3F3N3O3S. The number of amides is 3. The SMILES string of the molecule is O=C(Nc1ccc(SC(C(=O)Nc2cc(C(F)(F)F)ccc2Cl)c2ccccc2)cc1)/C(=C/c1c(Cl)cccc1Cl)NC(=O)c1ccccc1. The molecule has 50 heavy (non-hydrogen) atoms. The number of rotatable bonds is 10. The lowest BCUT2D eigenvalue weighted by Gasteiger charge is -2.19. The Kier molecular flexibility index (Phi) is 11.9. The van der Waals surface area contributed by atoms with Gasteiger partial charge in [0.2, 0.25) is 5.91 Å². The van der Waals surface area contributed by atoms with E-state index >= 15 is 0 Å². The van der Waals surface area contributed by atoms with Crippen LogP contribution in [0.5, 0.6) is 0 Å². The summed E-state index contributed by atoms with van der Waals surface area (Å²) in [4.78, 5) is 40.6. The van der Waals surface area contributed by atoms with Crippen LogP contribution in [-0.2, 0) is 15.8 Å². The van der Waals surface area contributed by atoms with Crippen LogP contribution in [-0.4, -0.2) is 17.7 Å². The minimum atomic E-state index is -4.62. The summed E-state index contributed by atoms with van der Waals surface area (Å²) in [6, 6.07) is 31.1. The third kappa shape index (κ3) is 9.48. The molecule has 0 spiro atoms. The summed E-state index contributed by atoms with van der Waals surface area (Å²) in [6.45, 7) is 0. The molecule has 13 heteroatoms. The number of hydrogen-bond acceptors (Lipinski definition) is 4. The first kappa shape index (κ1) is 36.5. The minimum absolute atomic E-state index is 0.0477. The summed E-state index contributed by atoms with van der Waals surface area (Å²) in [5.41, 5.74) is 0.363. The van der Waals surface area contributed by atoms with Crippen molar-refractivity contribution in [3.05, 3.63) is 164 Å². The number of hydrogen-bond donors (Lipinski definition) is 3. The Morgan fingerprint density at radius 3 is 1.94 bits per heavy atom. The van der Waals surface area contributed by atoms with Crippen molar-refractivity contribution in [3.8, 4) is 0 Å². The van der Waals surface area contributed by atoms with Crippen molar-refractivity contribution in [1.82, 2.24) is 5.32 Å². The normalized spacial score (nSPS) is 12.2. The van der Waals surface area contributed by atoms with Crippen LogP contribution in [0.25, 0.3) is 6.08 Å². The molecule has 0 aliphatic rings. The third-order valence-corrected chi connectivity index (χ3v) is 9.33. The maximum atomic E-state index is 13.5. The van der Waals surface area contributed by atoms with Crippen molar-refractivity contribution in [2.75, 3.05) is 10.6 Å². The zero-order valence-corrected chi connectivity index (χ0v) is 28.7. The van der Waals surface area contributed by atoms with Gasteiger partial charge < -0.3 is 16.0 Å². The largest absolute Gasteiger partial charge is 0.416 e. The average Bonchev–Trinajstić information content (AvgIpc) is 3.10. The van der Waals surface area contributed by atoms with Crippen molar-refractivity contribution in [3.63, 3.8) is 0 Å². The molecule has 5 aromatic rings. The van der Waals surface area contributed by atoms with Gasteiger partial charge in [-0.2, -0.15) is 13.2 Å². The molecule has 5 aromatic carbocycles. The summed E-state index contributed by atoms with van der Waals surface area (Å²) in [6.07, 6.45) is -3.24. The third-order valence-electron chi connectivity index (χ3n) is 7.08. The van der Waals surface area contributed by atoms with Crippen molar-refractivity contribution in [1.29, 1.82) is 0 Å². The van der Waals surface area contributed by atoms with E-state index in [0.29, 0.717) is 27.3 Å². The Morgan fingerprint density at radius 2 is 1.32 bits per heavy atom. The quantitative estimate of drug-likeness (QED) is 0.0979. The molecule has 0 aliphatic carbocycles. The van der Waals surface area contributed by atoms with Crippen molar-refractivity contribution in [2.45, 2.75) is 16.3 Å². The molecule has 3 N–H and O–H groups in total.